The van der Waals surface area contributed by atoms with Crippen LogP contribution >= 0.6 is 0 Å². The molecule has 6 nitrogen and oxygen atoms in total. The molecule has 1 aliphatic heterocycles. The van der Waals surface area contributed by atoms with Gasteiger partial charge < -0.3 is 16.2 Å². The largest absolute Gasteiger partial charge is 0.393 e. The van der Waals surface area contributed by atoms with Gasteiger partial charge in [0.25, 0.3) is 0 Å². The maximum absolute atomic E-state index is 9.70. The maximum atomic E-state index is 9.70. The summed E-state index contributed by atoms with van der Waals surface area (Å²) in [5.74, 6) is 0.479. The molecule has 4 N–H and O–H groups in total. The standard InChI is InChI=1S/C17H19N5O/c18-17-7-16(21-11-1-2-12(23)5-11)13-9-20-14(6-15(13)22-17)10-3-4-19-8-10/h3-4,6-7,9,11-12,23H,1-2,5,8H2,(H3,18,21,22)/t11-,12-/m0/s1. The number of nitrogen functional groups attached to an aromatic ring is 1. The van der Waals surface area contributed by atoms with Crippen molar-refractivity contribution in [1.82, 2.24) is 9.97 Å². The SMILES string of the molecule is Nc1cc(N[C@H]2CC[C@H](O)C2)c2cnc(C3=CC=NC3)cc2n1. The van der Waals surface area contributed by atoms with E-state index in [4.69, 9.17) is 5.73 Å². The fourth-order valence-corrected chi connectivity index (χ4v) is 3.26. The Morgan fingerprint density at radius 3 is 2.91 bits per heavy atom. The summed E-state index contributed by atoms with van der Waals surface area (Å²) in [7, 11) is 0. The second kappa shape index (κ2) is 5.62. The molecule has 118 valence electrons. The summed E-state index contributed by atoms with van der Waals surface area (Å²) in [6, 6.07) is 4.06. The monoisotopic (exact) mass is 309 g/mol. The van der Waals surface area contributed by atoms with E-state index in [0.29, 0.717) is 12.4 Å². The summed E-state index contributed by atoms with van der Waals surface area (Å²) in [6.07, 6.45) is 7.96. The van der Waals surface area contributed by atoms with Crippen molar-refractivity contribution < 1.29 is 5.11 Å². The van der Waals surface area contributed by atoms with Gasteiger partial charge in [-0.05, 0) is 31.4 Å². The average Bonchev–Trinajstić information content (AvgIpc) is 3.18. The van der Waals surface area contributed by atoms with E-state index in [1.165, 1.54) is 0 Å². The minimum Gasteiger partial charge on any atom is -0.393 e. The Bertz CT molecular complexity index is 814. The van der Waals surface area contributed by atoms with Gasteiger partial charge in [-0.2, -0.15) is 0 Å². The van der Waals surface area contributed by atoms with Crippen molar-refractivity contribution in [2.75, 3.05) is 17.6 Å². The van der Waals surface area contributed by atoms with E-state index < -0.39 is 0 Å². The topological polar surface area (TPSA) is 96.4 Å². The summed E-state index contributed by atoms with van der Waals surface area (Å²) in [6.45, 7) is 0.659. The first-order valence-corrected chi connectivity index (χ1v) is 7.89. The number of aliphatic hydroxyl groups excluding tert-OH is 1. The Labute approximate surface area is 134 Å². The first-order valence-electron chi connectivity index (χ1n) is 7.89. The zero-order valence-corrected chi connectivity index (χ0v) is 12.7. The predicted molar refractivity (Wildman–Crippen MR) is 92.6 cm³/mol. The molecule has 1 aliphatic carbocycles. The highest BCUT2D eigenvalue weighted by atomic mass is 16.3. The van der Waals surface area contributed by atoms with Crippen molar-refractivity contribution in [3.8, 4) is 0 Å². The molecule has 3 heterocycles. The molecule has 4 rings (SSSR count). The van der Waals surface area contributed by atoms with Gasteiger partial charge in [0.1, 0.15) is 5.82 Å². The van der Waals surface area contributed by atoms with Gasteiger partial charge in [0.15, 0.2) is 0 Å². The molecule has 0 aromatic carbocycles. The molecule has 23 heavy (non-hydrogen) atoms. The van der Waals surface area contributed by atoms with Crippen LogP contribution in [0.4, 0.5) is 11.5 Å². The van der Waals surface area contributed by atoms with E-state index in [1.807, 2.05) is 24.4 Å². The summed E-state index contributed by atoms with van der Waals surface area (Å²) >= 11 is 0. The zero-order valence-electron chi connectivity index (χ0n) is 12.7. The average molecular weight is 309 g/mol. The third-order valence-corrected chi connectivity index (χ3v) is 4.45. The lowest BCUT2D eigenvalue weighted by Gasteiger charge is -2.16. The molecule has 0 amide bonds. The minimum absolute atomic E-state index is 0.211. The number of aliphatic imine (C=N–C) groups is 1. The van der Waals surface area contributed by atoms with Crippen LogP contribution in [-0.2, 0) is 0 Å². The second-order valence-corrected chi connectivity index (χ2v) is 6.17. The molecular formula is C17H19N5O. The first kappa shape index (κ1) is 14.1. The first-order chi connectivity index (χ1) is 11.2. The van der Waals surface area contributed by atoms with Gasteiger partial charge in [0, 0.05) is 41.2 Å². The third kappa shape index (κ3) is 2.77. The molecule has 0 radical (unpaired) electrons. The number of pyridine rings is 2. The molecule has 0 saturated heterocycles. The van der Waals surface area contributed by atoms with Gasteiger partial charge in [0.05, 0.1) is 23.9 Å². The minimum atomic E-state index is -0.211. The van der Waals surface area contributed by atoms with Crippen LogP contribution in [0, 0.1) is 0 Å². The number of aromatic nitrogens is 2. The second-order valence-electron chi connectivity index (χ2n) is 6.17. The Morgan fingerprint density at radius 2 is 2.17 bits per heavy atom. The van der Waals surface area contributed by atoms with Gasteiger partial charge >= 0.3 is 0 Å². The van der Waals surface area contributed by atoms with Gasteiger partial charge in [-0.15, -0.1) is 0 Å². The van der Waals surface area contributed by atoms with Crippen LogP contribution in [-0.4, -0.2) is 40.0 Å². The molecule has 2 aromatic heterocycles. The van der Waals surface area contributed by atoms with Crippen molar-refractivity contribution in [3.63, 3.8) is 0 Å². The normalized spacial score (nSPS) is 23.4. The summed E-state index contributed by atoms with van der Waals surface area (Å²) in [4.78, 5) is 13.2. The van der Waals surface area contributed by atoms with Gasteiger partial charge in [-0.1, -0.05) is 0 Å². The number of nitrogens with one attached hydrogen (secondary N) is 1. The van der Waals surface area contributed by atoms with Crippen molar-refractivity contribution in [2.45, 2.75) is 31.4 Å². The quantitative estimate of drug-likeness (QED) is 0.806. The van der Waals surface area contributed by atoms with E-state index in [0.717, 1.165) is 47.1 Å². The van der Waals surface area contributed by atoms with Crippen molar-refractivity contribution in [1.29, 1.82) is 0 Å². The van der Waals surface area contributed by atoms with Gasteiger partial charge in [-0.25, -0.2) is 4.98 Å². The van der Waals surface area contributed by atoms with Crippen LogP contribution in [0.5, 0.6) is 0 Å². The van der Waals surface area contributed by atoms with E-state index >= 15 is 0 Å². The van der Waals surface area contributed by atoms with E-state index in [9.17, 15) is 5.11 Å². The Hall–Kier alpha value is -2.47. The number of nitrogens with zero attached hydrogens (tertiary/aromatic N) is 3. The molecule has 0 spiro atoms. The van der Waals surface area contributed by atoms with E-state index in [-0.39, 0.29) is 12.1 Å². The fraction of sp³-hybridized carbons (Fsp3) is 0.353. The molecule has 1 fully saturated rings. The van der Waals surface area contributed by atoms with Crippen molar-refractivity contribution in [3.05, 3.63) is 30.1 Å². The van der Waals surface area contributed by atoms with Crippen LogP contribution < -0.4 is 11.1 Å². The lowest BCUT2D eigenvalue weighted by atomic mass is 10.1. The molecular weight excluding hydrogens is 290 g/mol. The van der Waals surface area contributed by atoms with Crippen LogP contribution in [0.1, 0.15) is 25.0 Å². The predicted octanol–water partition coefficient (Wildman–Crippen LogP) is 2.01. The van der Waals surface area contributed by atoms with Gasteiger partial charge in [-0.3, -0.25) is 9.98 Å². The maximum Gasteiger partial charge on any atom is 0.126 e. The number of rotatable bonds is 3. The van der Waals surface area contributed by atoms with Crippen molar-refractivity contribution >= 4 is 34.2 Å². The summed E-state index contributed by atoms with van der Waals surface area (Å²) in [5, 5.41) is 14.1. The van der Waals surface area contributed by atoms with E-state index in [2.05, 4.69) is 20.3 Å². The number of hydrogen-bond donors (Lipinski definition) is 3. The van der Waals surface area contributed by atoms with Crippen LogP contribution in [0.25, 0.3) is 16.5 Å². The fourth-order valence-electron chi connectivity index (χ4n) is 3.26. The molecule has 6 heteroatoms. The van der Waals surface area contributed by atoms with Crippen molar-refractivity contribution in [2.24, 2.45) is 4.99 Å². The Balaban J connectivity index is 1.70. The lowest BCUT2D eigenvalue weighted by Crippen LogP contribution is -2.17. The number of aliphatic hydroxyl groups is 1. The van der Waals surface area contributed by atoms with Crippen LogP contribution in [0.2, 0.25) is 0 Å². The molecule has 1 saturated carbocycles. The Kier molecular flexibility index (Phi) is 3.46. The molecule has 2 atom stereocenters. The van der Waals surface area contributed by atoms with Gasteiger partial charge in [0.2, 0.25) is 0 Å². The molecule has 2 aromatic rings. The summed E-state index contributed by atoms with van der Waals surface area (Å²) < 4.78 is 0. The highest BCUT2D eigenvalue weighted by Gasteiger charge is 2.23. The number of allylic oxidation sites excluding steroid dienone is 1. The lowest BCUT2D eigenvalue weighted by molar-refractivity contribution is 0.182. The summed E-state index contributed by atoms with van der Waals surface area (Å²) in [5.41, 5.74) is 9.70. The number of fused-ring (bicyclic) bond motifs is 1. The number of nitrogens with two attached hydrogens (primary N) is 1. The van der Waals surface area contributed by atoms with E-state index in [1.54, 1.807) is 6.21 Å². The Morgan fingerprint density at radius 1 is 1.26 bits per heavy atom. The zero-order chi connectivity index (χ0) is 15.8. The highest BCUT2D eigenvalue weighted by molar-refractivity contribution is 5.95. The molecule has 0 bridgehead atoms. The van der Waals surface area contributed by atoms with Crippen LogP contribution in [0.15, 0.2) is 29.4 Å². The molecule has 2 aliphatic rings. The smallest absolute Gasteiger partial charge is 0.126 e. The number of anilines is 2. The molecule has 0 unspecified atom stereocenters. The van der Waals surface area contributed by atoms with Crippen LogP contribution in [0.3, 0.4) is 0 Å². The highest BCUT2D eigenvalue weighted by Crippen LogP contribution is 2.30. The number of hydrogen-bond acceptors (Lipinski definition) is 6. The third-order valence-electron chi connectivity index (χ3n) is 4.45.